The molecule has 100 valence electrons. The van der Waals surface area contributed by atoms with Crippen molar-refractivity contribution in [3.8, 4) is 5.75 Å². The van der Waals surface area contributed by atoms with Gasteiger partial charge in [0, 0.05) is 10.0 Å². The SMILES string of the molecule is COC(=O)CC(C)C(O)c1cc(Br)ccc1OC. The van der Waals surface area contributed by atoms with E-state index in [1.165, 1.54) is 7.11 Å². The number of benzene rings is 1. The lowest BCUT2D eigenvalue weighted by Crippen LogP contribution is -2.15. The number of aliphatic hydroxyl groups excluding tert-OH is 1. The molecule has 0 fully saturated rings. The Balaban J connectivity index is 2.91. The number of carbonyl (C=O) groups excluding carboxylic acids is 1. The number of aliphatic hydroxyl groups is 1. The summed E-state index contributed by atoms with van der Waals surface area (Å²) in [6, 6.07) is 5.39. The van der Waals surface area contributed by atoms with E-state index in [2.05, 4.69) is 20.7 Å². The monoisotopic (exact) mass is 316 g/mol. The van der Waals surface area contributed by atoms with Crippen LogP contribution in [-0.4, -0.2) is 25.3 Å². The minimum Gasteiger partial charge on any atom is -0.496 e. The maximum absolute atomic E-state index is 11.2. The van der Waals surface area contributed by atoms with Gasteiger partial charge in [0.2, 0.25) is 0 Å². The van der Waals surface area contributed by atoms with E-state index in [9.17, 15) is 9.90 Å². The molecule has 18 heavy (non-hydrogen) atoms. The van der Waals surface area contributed by atoms with Gasteiger partial charge in [-0.15, -0.1) is 0 Å². The number of methoxy groups -OCH3 is 2. The van der Waals surface area contributed by atoms with E-state index in [0.717, 1.165) is 4.47 Å². The van der Waals surface area contributed by atoms with Gasteiger partial charge in [-0.25, -0.2) is 0 Å². The lowest BCUT2D eigenvalue weighted by molar-refractivity contribution is -0.142. The van der Waals surface area contributed by atoms with Gasteiger partial charge in [-0.05, 0) is 24.1 Å². The van der Waals surface area contributed by atoms with Crippen LogP contribution in [0.25, 0.3) is 0 Å². The summed E-state index contributed by atoms with van der Waals surface area (Å²) in [6.07, 6.45) is -0.621. The predicted octanol–water partition coefficient (Wildman–Crippen LogP) is 2.69. The second-order valence-corrected chi connectivity index (χ2v) is 5.00. The molecular formula is C13H17BrO4. The number of hydrogen-bond donors (Lipinski definition) is 1. The van der Waals surface area contributed by atoms with Crippen molar-refractivity contribution in [3.63, 3.8) is 0 Å². The van der Waals surface area contributed by atoms with E-state index in [1.807, 2.05) is 6.07 Å². The first-order valence-electron chi connectivity index (χ1n) is 5.58. The molecule has 0 bridgehead atoms. The summed E-state index contributed by atoms with van der Waals surface area (Å²) < 4.78 is 10.7. The van der Waals surface area contributed by atoms with Crippen LogP contribution in [0.2, 0.25) is 0 Å². The summed E-state index contributed by atoms with van der Waals surface area (Å²) in [5.74, 6) is 0.0126. The Bertz CT molecular complexity index is 419. The molecule has 1 aromatic rings. The smallest absolute Gasteiger partial charge is 0.305 e. The molecule has 4 nitrogen and oxygen atoms in total. The largest absolute Gasteiger partial charge is 0.496 e. The second-order valence-electron chi connectivity index (χ2n) is 4.09. The molecule has 0 aliphatic heterocycles. The van der Waals surface area contributed by atoms with E-state index >= 15 is 0 Å². The number of ether oxygens (including phenoxy) is 2. The van der Waals surface area contributed by atoms with E-state index in [4.69, 9.17) is 4.74 Å². The second kappa shape index (κ2) is 6.75. The normalized spacial score (nSPS) is 13.8. The Kier molecular flexibility index (Phi) is 5.62. The van der Waals surface area contributed by atoms with Crippen molar-refractivity contribution in [1.82, 2.24) is 0 Å². The van der Waals surface area contributed by atoms with Gasteiger partial charge in [-0.1, -0.05) is 22.9 Å². The maximum Gasteiger partial charge on any atom is 0.305 e. The van der Waals surface area contributed by atoms with Crippen molar-refractivity contribution < 1.29 is 19.4 Å². The minimum absolute atomic E-state index is 0.160. The number of carbonyl (C=O) groups is 1. The van der Waals surface area contributed by atoms with Crippen molar-refractivity contribution in [1.29, 1.82) is 0 Å². The van der Waals surface area contributed by atoms with Crippen molar-refractivity contribution >= 4 is 21.9 Å². The number of halogens is 1. The molecule has 0 radical (unpaired) electrons. The molecule has 0 spiro atoms. The number of esters is 1. The first-order valence-corrected chi connectivity index (χ1v) is 6.37. The topological polar surface area (TPSA) is 55.8 Å². The van der Waals surface area contributed by atoms with Crippen LogP contribution < -0.4 is 4.74 Å². The van der Waals surface area contributed by atoms with Crippen LogP contribution in [0.15, 0.2) is 22.7 Å². The zero-order valence-electron chi connectivity index (χ0n) is 10.6. The number of hydrogen-bond acceptors (Lipinski definition) is 4. The summed E-state index contributed by atoms with van der Waals surface area (Å²) in [5.41, 5.74) is 0.656. The Morgan fingerprint density at radius 1 is 1.44 bits per heavy atom. The zero-order valence-corrected chi connectivity index (χ0v) is 12.2. The fourth-order valence-electron chi connectivity index (χ4n) is 1.70. The van der Waals surface area contributed by atoms with Crippen LogP contribution >= 0.6 is 15.9 Å². The van der Waals surface area contributed by atoms with E-state index in [1.54, 1.807) is 26.2 Å². The lowest BCUT2D eigenvalue weighted by Gasteiger charge is -2.20. The van der Waals surface area contributed by atoms with Gasteiger partial charge in [-0.3, -0.25) is 4.79 Å². The molecule has 5 heteroatoms. The molecule has 1 N–H and O–H groups in total. The molecule has 2 atom stereocenters. The standard InChI is InChI=1S/C13H17BrO4/c1-8(6-12(15)18-3)13(16)10-7-9(14)4-5-11(10)17-2/h4-5,7-8,13,16H,6H2,1-3H3. The highest BCUT2D eigenvalue weighted by molar-refractivity contribution is 9.10. The Hall–Kier alpha value is -1.07. The molecule has 0 aromatic heterocycles. The van der Waals surface area contributed by atoms with Crippen molar-refractivity contribution in [2.24, 2.45) is 5.92 Å². The molecule has 0 saturated carbocycles. The molecule has 0 heterocycles. The highest BCUT2D eigenvalue weighted by atomic mass is 79.9. The highest BCUT2D eigenvalue weighted by Crippen LogP contribution is 2.33. The molecule has 1 rings (SSSR count). The Morgan fingerprint density at radius 3 is 2.67 bits per heavy atom. The summed E-state index contributed by atoms with van der Waals surface area (Å²) in [6.45, 7) is 1.79. The average Bonchev–Trinajstić information content (AvgIpc) is 2.37. The Labute approximate surface area is 115 Å². The summed E-state index contributed by atoms with van der Waals surface area (Å²) in [5, 5.41) is 10.3. The molecular weight excluding hydrogens is 300 g/mol. The molecule has 0 aliphatic rings. The highest BCUT2D eigenvalue weighted by Gasteiger charge is 2.23. The van der Waals surface area contributed by atoms with E-state index in [-0.39, 0.29) is 18.3 Å². The van der Waals surface area contributed by atoms with Gasteiger partial charge >= 0.3 is 5.97 Å². The van der Waals surface area contributed by atoms with Gasteiger partial charge in [0.05, 0.1) is 26.7 Å². The van der Waals surface area contributed by atoms with Crippen LogP contribution in [0.3, 0.4) is 0 Å². The fraction of sp³-hybridized carbons (Fsp3) is 0.462. The van der Waals surface area contributed by atoms with Crippen molar-refractivity contribution in [2.45, 2.75) is 19.4 Å². The average molecular weight is 317 g/mol. The molecule has 0 saturated heterocycles. The minimum atomic E-state index is -0.781. The fourth-order valence-corrected chi connectivity index (χ4v) is 2.08. The first kappa shape index (κ1) is 15.0. The van der Waals surface area contributed by atoms with Gasteiger partial charge in [0.15, 0.2) is 0 Å². The maximum atomic E-state index is 11.2. The van der Waals surface area contributed by atoms with Crippen LogP contribution in [0.1, 0.15) is 25.0 Å². The van der Waals surface area contributed by atoms with Gasteiger partial charge in [-0.2, -0.15) is 0 Å². The van der Waals surface area contributed by atoms with Crippen molar-refractivity contribution in [2.75, 3.05) is 14.2 Å². The summed E-state index contributed by atoms with van der Waals surface area (Å²) in [7, 11) is 2.88. The van der Waals surface area contributed by atoms with E-state index in [0.29, 0.717) is 11.3 Å². The van der Waals surface area contributed by atoms with Crippen LogP contribution in [-0.2, 0) is 9.53 Å². The first-order chi connectivity index (χ1) is 8.49. The third-order valence-corrected chi connectivity index (χ3v) is 3.26. The molecule has 2 unspecified atom stereocenters. The van der Waals surface area contributed by atoms with Crippen molar-refractivity contribution in [3.05, 3.63) is 28.2 Å². The zero-order chi connectivity index (χ0) is 13.7. The molecule has 0 amide bonds. The van der Waals surface area contributed by atoms with Gasteiger partial charge in [0.25, 0.3) is 0 Å². The van der Waals surface area contributed by atoms with Crippen LogP contribution in [0, 0.1) is 5.92 Å². The lowest BCUT2D eigenvalue weighted by atomic mass is 9.94. The van der Waals surface area contributed by atoms with E-state index < -0.39 is 6.10 Å². The quantitative estimate of drug-likeness (QED) is 0.849. The van der Waals surface area contributed by atoms with Gasteiger partial charge in [0.1, 0.15) is 5.75 Å². The van der Waals surface area contributed by atoms with Crippen LogP contribution in [0.5, 0.6) is 5.75 Å². The summed E-state index contributed by atoms with van der Waals surface area (Å²) in [4.78, 5) is 11.2. The summed E-state index contributed by atoms with van der Waals surface area (Å²) >= 11 is 3.35. The molecule has 0 aliphatic carbocycles. The van der Waals surface area contributed by atoms with Gasteiger partial charge < -0.3 is 14.6 Å². The van der Waals surface area contributed by atoms with Crippen LogP contribution in [0.4, 0.5) is 0 Å². The Morgan fingerprint density at radius 2 is 2.11 bits per heavy atom. The number of rotatable bonds is 5. The predicted molar refractivity (Wildman–Crippen MR) is 71.5 cm³/mol. The third kappa shape index (κ3) is 3.71. The third-order valence-electron chi connectivity index (χ3n) is 2.77. The molecule has 1 aromatic carbocycles.